The fourth-order valence-electron chi connectivity index (χ4n) is 3.61. The quantitative estimate of drug-likeness (QED) is 0.637. The van der Waals surface area contributed by atoms with E-state index in [0.717, 1.165) is 56.4 Å². The summed E-state index contributed by atoms with van der Waals surface area (Å²) in [5.41, 5.74) is 2.37. The molecule has 7 nitrogen and oxygen atoms in total. The van der Waals surface area contributed by atoms with Crippen LogP contribution in [0.5, 0.6) is 5.75 Å². The number of anilines is 2. The molecular weight excluding hydrogens is 390 g/mol. The lowest BCUT2D eigenvalue weighted by molar-refractivity contribution is 0.102. The summed E-state index contributed by atoms with van der Waals surface area (Å²) in [6, 6.07) is 21.2. The maximum Gasteiger partial charge on any atom is 0.276 e. The molecule has 2 heterocycles. The molecule has 1 N–H and O–H groups in total. The normalized spacial score (nSPS) is 14.3. The van der Waals surface area contributed by atoms with E-state index in [1.165, 1.54) is 5.56 Å². The Morgan fingerprint density at radius 2 is 1.68 bits per heavy atom. The molecule has 0 atom stereocenters. The van der Waals surface area contributed by atoms with E-state index in [4.69, 9.17) is 4.74 Å². The molecule has 0 unspecified atom stereocenters. The molecule has 0 aliphatic carbocycles. The summed E-state index contributed by atoms with van der Waals surface area (Å²) in [6.45, 7) is 4.78. The number of nitrogens with zero attached hydrogens (tertiary/aromatic N) is 4. The standard InChI is InChI=1S/C24H27N5O2/c1-31-21-9-7-19(8-10-21)13-14-28-15-17-29(18-16-28)23-12-11-22(26-27-23)24(30)25-20-5-3-2-4-6-20/h2-12H,13-18H2,1H3,(H,25,30). The molecular formula is C24H27N5O2. The molecule has 31 heavy (non-hydrogen) atoms. The number of ether oxygens (including phenoxy) is 1. The Morgan fingerprint density at radius 1 is 0.935 bits per heavy atom. The van der Waals surface area contributed by atoms with E-state index in [1.54, 1.807) is 13.2 Å². The van der Waals surface area contributed by atoms with Crippen molar-refractivity contribution >= 4 is 17.4 Å². The lowest BCUT2D eigenvalue weighted by Gasteiger charge is -2.35. The number of methoxy groups -OCH3 is 1. The number of rotatable bonds is 7. The second-order valence-electron chi connectivity index (χ2n) is 7.52. The lowest BCUT2D eigenvalue weighted by Crippen LogP contribution is -2.47. The van der Waals surface area contributed by atoms with Crippen LogP contribution in [0.2, 0.25) is 0 Å². The highest BCUT2D eigenvalue weighted by molar-refractivity contribution is 6.02. The molecule has 1 aliphatic rings. The Bertz CT molecular complexity index is 969. The Balaban J connectivity index is 1.25. The third-order valence-electron chi connectivity index (χ3n) is 5.49. The molecule has 7 heteroatoms. The van der Waals surface area contributed by atoms with Crippen LogP contribution in [0.1, 0.15) is 16.1 Å². The van der Waals surface area contributed by atoms with Crippen molar-refractivity contribution in [2.45, 2.75) is 6.42 Å². The van der Waals surface area contributed by atoms with Gasteiger partial charge in [0.15, 0.2) is 11.5 Å². The molecule has 0 saturated carbocycles. The van der Waals surface area contributed by atoms with Crippen LogP contribution in [0.4, 0.5) is 11.5 Å². The second-order valence-corrected chi connectivity index (χ2v) is 7.52. The van der Waals surface area contributed by atoms with Crippen molar-refractivity contribution in [3.05, 3.63) is 78.0 Å². The molecule has 1 aliphatic heterocycles. The average Bonchev–Trinajstić information content (AvgIpc) is 2.84. The van der Waals surface area contributed by atoms with Crippen molar-refractivity contribution in [3.63, 3.8) is 0 Å². The number of para-hydroxylation sites is 1. The van der Waals surface area contributed by atoms with Gasteiger partial charge in [0.25, 0.3) is 5.91 Å². The van der Waals surface area contributed by atoms with E-state index in [9.17, 15) is 4.79 Å². The van der Waals surface area contributed by atoms with Crippen LogP contribution in [0, 0.1) is 0 Å². The van der Waals surface area contributed by atoms with E-state index in [1.807, 2.05) is 48.5 Å². The zero-order valence-electron chi connectivity index (χ0n) is 17.7. The van der Waals surface area contributed by atoms with Gasteiger partial charge in [-0.15, -0.1) is 10.2 Å². The molecule has 4 rings (SSSR count). The minimum atomic E-state index is -0.256. The Hall–Kier alpha value is -3.45. The Morgan fingerprint density at radius 3 is 2.32 bits per heavy atom. The summed E-state index contributed by atoms with van der Waals surface area (Å²) in [7, 11) is 1.69. The lowest BCUT2D eigenvalue weighted by atomic mass is 10.1. The van der Waals surface area contributed by atoms with Gasteiger partial charge in [-0.3, -0.25) is 9.69 Å². The smallest absolute Gasteiger partial charge is 0.276 e. The molecule has 2 aromatic carbocycles. The van der Waals surface area contributed by atoms with Crippen molar-refractivity contribution in [2.75, 3.05) is 50.1 Å². The molecule has 160 valence electrons. The summed E-state index contributed by atoms with van der Waals surface area (Å²) in [6.07, 6.45) is 1.02. The van der Waals surface area contributed by atoms with Crippen molar-refractivity contribution in [1.29, 1.82) is 0 Å². The predicted octanol–water partition coefficient (Wildman–Crippen LogP) is 3.10. The van der Waals surface area contributed by atoms with Crippen LogP contribution in [-0.4, -0.2) is 60.8 Å². The number of aromatic nitrogens is 2. The largest absolute Gasteiger partial charge is 0.497 e. The average molecular weight is 418 g/mol. The third-order valence-corrected chi connectivity index (χ3v) is 5.49. The number of nitrogens with one attached hydrogen (secondary N) is 1. The van der Waals surface area contributed by atoms with Gasteiger partial charge < -0.3 is 15.0 Å². The first-order valence-electron chi connectivity index (χ1n) is 10.5. The maximum absolute atomic E-state index is 12.3. The fraction of sp³-hybridized carbons (Fsp3) is 0.292. The number of hydrogen-bond acceptors (Lipinski definition) is 6. The first kappa shape index (κ1) is 20.8. The minimum absolute atomic E-state index is 0.256. The topological polar surface area (TPSA) is 70.6 Å². The second kappa shape index (κ2) is 10.0. The monoisotopic (exact) mass is 417 g/mol. The van der Waals surface area contributed by atoms with Gasteiger partial charge in [0.2, 0.25) is 0 Å². The SMILES string of the molecule is COc1ccc(CCN2CCN(c3ccc(C(=O)Nc4ccccc4)nn3)CC2)cc1. The van der Waals surface area contributed by atoms with E-state index in [2.05, 4.69) is 37.4 Å². The van der Waals surface area contributed by atoms with Crippen LogP contribution in [0.15, 0.2) is 66.7 Å². The van der Waals surface area contributed by atoms with Gasteiger partial charge >= 0.3 is 0 Å². The van der Waals surface area contributed by atoms with Gasteiger partial charge in [0.1, 0.15) is 5.75 Å². The fourth-order valence-corrected chi connectivity index (χ4v) is 3.61. The highest BCUT2D eigenvalue weighted by atomic mass is 16.5. The summed E-state index contributed by atoms with van der Waals surface area (Å²) >= 11 is 0. The van der Waals surface area contributed by atoms with Crippen molar-refractivity contribution in [3.8, 4) is 5.75 Å². The van der Waals surface area contributed by atoms with Crippen molar-refractivity contribution < 1.29 is 9.53 Å². The number of amides is 1. The Kier molecular flexibility index (Phi) is 6.74. The van der Waals surface area contributed by atoms with Gasteiger partial charge in [-0.05, 0) is 48.4 Å². The van der Waals surface area contributed by atoms with E-state index in [0.29, 0.717) is 5.69 Å². The van der Waals surface area contributed by atoms with Gasteiger partial charge in [-0.25, -0.2) is 0 Å². The van der Waals surface area contributed by atoms with Crippen molar-refractivity contribution in [1.82, 2.24) is 15.1 Å². The zero-order chi connectivity index (χ0) is 21.5. The zero-order valence-corrected chi connectivity index (χ0v) is 17.7. The summed E-state index contributed by atoms with van der Waals surface area (Å²) in [4.78, 5) is 17.0. The van der Waals surface area contributed by atoms with Crippen molar-refractivity contribution in [2.24, 2.45) is 0 Å². The first-order valence-corrected chi connectivity index (χ1v) is 10.5. The maximum atomic E-state index is 12.3. The number of benzene rings is 2. The van der Waals surface area contributed by atoms with Crippen LogP contribution >= 0.6 is 0 Å². The molecule has 3 aromatic rings. The van der Waals surface area contributed by atoms with Gasteiger partial charge in [0.05, 0.1) is 7.11 Å². The third kappa shape index (κ3) is 5.58. The minimum Gasteiger partial charge on any atom is -0.497 e. The number of hydrogen-bond donors (Lipinski definition) is 1. The molecule has 1 fully saturated rings. The molecule has 0 bridgehead atoms. The molecule has 0 radical (unpaired) electrons. The van der Waals surface area contributed by atoms with Crippen LogP contribution in [0.3, 0.4) is 0 Å². The predicted molar refractivity (Wildman–Crippen MR) is 122 cm³/mol. The highest BCUT2D eigenvalue weighted by Gasteiger charge is 2.19. The van der Waals surface area contributed by atoms with Gasteiger partial charge in [0, 0.05) is 38.4 Å². The highest BCUT2D eigenvalue weighted by Crippen LogP contribution is 2.15. The summed E-state index contributed by atoms with van der Waals surface area (Å²) in [5.74, 6) is 1.45. The number of carbonyl (C=O) groups is 1. The molecule has 0 spiro atoms. The van der Waals surface area contributed by atoms with E-state index < -0.39 is 0 Å². The molecule has 1 saturated heterocycles. The van der Waals surface area contributed by atoms with Gasteiger partial charge in [-0.1, -0.05) is 30.3 Å². The number of carbonyl (C=O) groups excluding carboxylic acids is 1. The summed E-state index contributed by atoms with van der Waals surface area (Å²) < 4.78 is 5.22. The molecule has 1 aromatic heterocycles. The van der Waals surface area contributed by atoms with E-state index in [-0.39, 0.29) is 5.91 Å². The first-order chi connectivity index (χ1) is 15.2. The van der Waals surface area contributed by atoms with Gasteiger partial charge in [-0.2, -0.15) is 0 Å². The molecule has 1 amide bonds. The number of piperazine rings is 1. The summed E-state index contributed by atoms with van der Waals surface area (Å²) in [5, 5.41) is 11.2. The van der Waals surface area contributed by atoms with Crippen LogP contribution in [0.25, 0.3) is 0 Å². The van der Waals surface area contributed by atoms with E-state index >= 15 is 0 Å². The van der Waals surface area contributed by atoms with Crippen LogP contribution in [-0.2, 0) is 6.42 Å². The Labute approximate surface area is 182 Å². The van der Waals surface area contributed by atoms with Crippen LogP contribution < -0.4 is 15.0 Å².